The van der Waals surface area contributed by atoms with E-state index in [-0.39, 0.29) is 17.1 Å². The van der Waals surface area contributed by atoms with Crippen molar-refractivity contribution in [2.45, 2.75) is 125 Å². The van der Waals surface area contributed by atoms with Gasteiger partial charge in [0.05, 0.1) is 5.69 Å². The minimum atomic E-state index is 0. The molecule has 0 aliphatic heterocycles. The van der Waals surface area contributed by atoms with E-state index in [1.54, 1.807) is 0 Å². The zero-order valence-corrected chi connectivity index (χ0v) is 31.6. The standard InChI is InChI=1S/C40H62N4.Mn/c1-26(2)32-21-35(28(5)6)39(36(22-32)29(7)8)42-17-19-44(25-34-15-13-14-16-41-34)20-18-43-40-37(30(9)10)23-33(27(3)4)24-38(40)31(11)12;/h13-16,21-24,26-31,42-43H,17-20,25H2,1-12H3;. The second-order valence-electron chi connectivity index (χ2n) is 14.5. The third-order valence-corrected chi connectivity index (χ3v) is 8.84. The van der Waals surface area contributed by atoms with Crippen molar-refractivity contribution in [1.82, 2.24) is 9.88 Å². The average Bonchev–Trinajstić information content (AvgIpc) is 2.96. The Morgan fingerprint density at radius 2 is 0.933 bits per heavy atom. The second-order valence-corrected chi connectivity index (χ2v) is 14.5. The molecule has 0 amide bonds. The Hall–Kier alpha value is -2.33. The number of nitrogens with zero attached hydrogens (tertiary/aromatic N) is 2. The largest absolute Gasteiger partial charge is 0.383 e. The fourth-order valence-electron chi connectivity index (χ4n) is 5.99. The molecule has 5 heteroatoms. The predicted octanol–water partition coefficient (Wildman–Crippen LogP) is 10.8. The molecule has 0 aliphatic carbocycles. The van der Waals surface area contributed by atoms with Crippen molar-refractivity contribution in [2.75, 3.05) is 36.8 Å². The van der Waals surface area contributed by atoms with Crippen molar-refractivity contribution in [2.24, 2.45) is 0 Å². The minimum absolute atomic E-state index is 0. The summed E-state index contributed by atoms with van der Waals surface area (Å²) < 4.78 is 0. The van der Waals surface area contributed by atoms with Crippen LogP contribution < -0.4 is 10.6 Å². The molecule has 0 atom stereocenters. The molecule has 0 bridgehead atoms. The summed E-state index contributed by atoms with van der Waals surface area (Å²) in [7, 11) is 0. The summed E-state index contributed by atoms with van der Waals surface area (Å²) >= 11 is 0. The van der Waals surface area contributed by atoms with Gasteiger partial charge < -0.3 is 10.6 Å². The Labute approximate surface area is 287 Å². The molecule has 45 heavy (non-hydrogen) atoms. The summed E-state index contributed by atoms with van der Waals surface area (Å²) in [5.41, 5.74) is 12.4. The van der Waals surface area contributed by atoms with Gasteiger partial charge in [0.2, 0.25) is 0 Å². The van der Waals surface area contributed by atoms with Crippen molar-refractivity contribution in [3.05, 3.63) is 87.7 Å². The third kappa shape index (κ3) is 10.9. The van der Waals surface area contributed by atoms with E-state index in [2.05, 4.69) is 140 Å². The Bertz CT molecular complexity index is 1170. The van der Waals surface area contributed by atoms with Crippen molar-refractivity contribution in [3.8, 4) is 0 Å². The first-order chi connectivity index (χ1) is 20.8. The van der Waals surface area contributed by atoms with E-state index in [0.717, 1.165) is 38.4 Å². The van der Waals surface area contributed by atoms with Crippen LogP contribution in [0, 0.1) is 0 Å². The van der Waals surface area contributed by atoms with E-state index >= 15 is 0 Å². The molecule has 0 fully saturated rings. The summed E-state index contributed by atoms with van der Waals surface area (Å²) in [5, 5.41) is 7.83. The monoisotopic (exact) mass is 653 g/mol. The summed E-state index contributed by atoms with van der Waals surface area (Å²) in [4.78, 5) is 7.21. The van der Waals surface area contributed by atoms with Crippen LogP contribution in [0.2, 0.25) is 0 Å². The number of nitrogens with one attached hydrogen (secondary N) is 2. The molecular formula is C40H62MnN4. The number of hydrogen-bond acceptors (Lipinski definition) is 4. The maximum Gasteiger partial charge on any atom is 0.0543 e. The van der Waals surface area contributed by atoms with E-state index in [1.165, 1.54) is 44.8 Å². The van der Waals surface area contributed by atoms with Crippen LogP contribution >= 0.6 is 0 Å². The molecular weight excluding hydrogens is 591 g/mol. The molecule has 1 aromatic heterocycles. The molecule has 249 valence electrons. The normalized spacial score (nSPS) is 11.9. The maximum absolute atomic E-state index is 4.67. The van der Waals surface area contributed by atoms with Crippen molar-refractivity contribution >= 4 is 11.4 Å². The van der Waals surface area contributed by atoms with Crippen LogP contribution in [-0.2, 0) is 23.6 Å². The Morgan fingerprint density at radius 1 is 0.556 bits per heavy atom. The van der Waals surface area contributed by atoms with Crippen molar-refractivity contribution in [3.63, 3.8) is 0 Å². The van der Waals surface area contributed by atoms with Crippen LogP contribution in [0.15, 0.2) is 48.7 Å². The molecule has 2 aromatic carbocycles. The van der Waals surface area contributed by atoms with E-state index in [1.807, 2.05) is 12.3 Å². The molecule has 1 radical (unpaired) electrons. The van der Waals surface area contributed by atoms with Gasteiger partial charge in [-0.3, -0.25) is 9.88 Å². The molecule has 3 aromatic rings. The number of aromatic nitrogens is 1. The van der Waals surface area contributed by atoms with Gasteiger partial charge in [-0.1, -0.05) is 113 Å². The van der Waals surface area contributed by atoms with Crippen LogP contribution in [0.25, 0.3) is 0 Å². The summed E-state index contributed by atoms with van der Waals surface area (Å²) in [6, 6.07) is 16.0. The zero-order chi connectivity index (χ0) is 32.6. The Balaban J connectivity index is 0.00000705. The molecule has 4 nitrogen and oxygen atoms in total. The predicted molar refractivity (Wildman–Crippen MR) is 194 cm³/mol. The van der Waals surface area contributed by atoms with Crippen LogP contribution in [0.1, 0.15) is 158 Å². The van der Waals surface area contributed by atoms with Gasteiger partial charge in [0, 0.05) is 67.4 Å². The van der Waals surface area contributed by atoms with E-state index in [4.69, 9.17) is 0 Å². The first kappa shape index (κ1) is 38.9. The fourth-order valence-corrected chi connectivity index (χ4v) is 5.99. The van der Waals surface area contributed by atoms with E-state index in [9.17, 15) is 0 Å². The third-order valence-electron chi connectivity index (χ3n) is 8.84. The van der Waals surface area contributed by atoms with Gasteiger partial charge in [-0.05, 0) is 81.0 Å². The molecule has 3 rings (SSSR count). The van der Waals surface area contributed by atoms with Crippen LogP contribution in [0.4, 0.5) is 11.4 Å². The number of anilines is 2. The van der Waals surface area contributed by atoms with E-state index < -0.39 is 0 Å². The number of hydrogen-bond donors (Lipinski definition) is 2. The topological polar surface area (TPSA) is 40.2 Å². The Morgan fingerprint density at radius 3 is 1.22 bits per heavy atom. The van der Waals surface area contributed by atoms with Crippen LogP contribution in [0.3, 0.4) is 0 Å². The summed E-state index contributed by atoms with van der Waals surface area (Å²) in [6.45, 7) is 32.3. The first-order valence-electron chi connectivity index (χ1n) is 17.2. The van der Waals surface area contributed by atoms with Gasteiger partial charge in [-0.2, -0.15) is 0 Å². The minimum Gasteiger partial charge on any atom is -0.383 e. The second kappa shape index (κ2) is 18.1. The maximum atomic E-state index is 4.67. The van der Waals surface area contributed by atoms with Gasteiger partial charge in [-0.25, -0.2) is 0 Å². The van der Waals surface area contributed by atoms with Gasteiger partial charge in [0.25, 0.3) is 0 Å². The molecule has 2 N–H and O–H groups in total. The zero-order valence-electron chi connectivity index (χ0n) is 30.4. The Kier molecular flexibility index (Phi) is 15.6. The van der Waals surface area contributed by atoms with Gasteiger partial charge >= 0.3 is 0 Å². The first-order valence-corrected chi connectivity index (χ1v) is 17.2. The number of benzene rings is 2. The fraction of sp³-hybridized carbons (Fsp3) is 0.575. The van der Waals surface area contributed by atoms with Crippen molar-refractivity contribution < 1.29 is 17.1 Å². The molecule has 0 spiro atoms. The molecule has 0 saturated heterocycles. The molecule has 1 heterocycles. The summed E-state index contributed by atoms with van der Waals surface area (Å²) in [6.07, 6.45) is 1.91. The quantitative estimate of drug-likeness (QED) is 0.151. The molecule has 0 saturated carbocycles. The summed E-state index contributed by atoms with van der Waals surface area (Å²) in [5.74, 6) is 2.92. The van der Waals surface area contributed by atoms with Gasteiger partial charge in [-0.15, -0.1) is 0 Å². The molecule has 0 aliphatic rings. The average molecular weight is 654 g/mol. The van der Waals surface area contributed by atoms with Crippen LogP contribution in [-0.4, -0.2) is 36.1 Å². The van der Waals surface area contributed by atoms with Gasteiger partial charge in [0.1, 0.15) is 0 Å². The van der Waals surface area contributed by atoms with Gasteiger partial charge in [0.15, 0.2) is 0 Å². The number of rotatable bonds is 16. The van der Waals surface area contributed by atoms with Crippen molar-refractivity contribution in [1.29, 1.82) is 0 Å². The molecule has 0 unspecified atom stereocenters. The SMILES string of the molecule is CC(C)c1cc(C(C)C)c(NCCN(CCNc2c(C(C)C)cc(C(C)C)cc2C(C)C)Cc2ccccn2)c(C(C)C)c1.[Mn]. The number of pyridine rings is 1. The van der Waals surface area contributed by atoms with E-state index in [0.29, 0.717) is 35.5 Å². The smallest absolute Gasteiger partial charge is 0.0543 e. The van der Waals surface area contributed by atoms with Crippen LogP contribution in [0.5, 0.6) is 0 Å².